The monoisotopic (exact) mass is 194 g/mol. The van der Waals surface area contributed by atoms with Gasteiger partial charge in [0.2, 0.25) is 5.82 Å². The molecule has 0 aliphatic heterocycles. The SMILES string of the molecule is CNCC[NH+](C)c1cc(C)cc(C)n1. The average Bonchev–Trinajstić information content (AvgIpc) is 2.12. The molecule has 0 fully saturated rings. The Balaban J connectivity index is 2.73. The Labute approximate surface area is 86.2 Å². The summed E-state index contributed by atoms with van der Waals surface area (Å²) in [6, 6.07) is 4.26. The number of aryl methyl sites for hydroxylation is 2. The predicted molar refractivity (Wildman–Crippen MR) is 59.1 cm³/mol. The van der Waals surface area contributed by atoms with Crippen LogP contribution in [0.2, 0.25) is 0 Å². The number of nitrogens with one attached hydrogen (secondary N) is 2. The van der Waals surface area contributed by atoms with Gasteiger partial charge < -0.3 is 5.32 Å². The number of aromatic nitrogens is 1. The molecule has 14 heavy (non-hydrogen) atoms. The first-order valence-electron chi connectivity index (χ1n) is 5.06. The Morgan fingerprint density at radius 3 is 2.64 bits per heavy atom. The van der Waals surface area contributed by atoms with Crippen molar-refractivity contribution in [3.63, 3.8) is 0 Å². The molecule has 0 spiro atoms. The van der Waals surface area contributed by atoms with Crippen molar-refractivity contribution >= 4 is 5.82 Å². The zero-order valence-corrected chi connectivity index (χ0v) is 9.52. The van der Waals surface area contributed by atoms with E-state index in [0.717, 1.165) is 24.6 Å². The number of quaternary nitrogens is 1. The Hall–Kier alpha value is -0.930. The van der Waals surface area contributed by atoms with Gasteiger partial charge >= 0.3 is 0 Å². The minimum atomic E-state index is 1.01. The van der Waals surface area contributed by atoms with Crippen LogP contribution in [0.3, 0.4) is 0 Å². The summed E-state index contributed by atoms with van der Waals surface area (Å²) in [6.07, 6.45) is 0. The van der Waals surface area contributed by atoms with Gasteiger partial charge in [-0.25, -0.2) is 4.98 Å². The second-order valence-electron chi connectivity index (χ2n) is 3.81. The minimum absolute atomic E-state index is 1.01. The fourth-order valence-electron chi connectivity index (χ4n) is 1.50. The molecule has 1 unspecified atom stereocenters. The van der Waals surface area contributed by atoms with E-state index in [2.05, 4.69) is 36.4 Å². The summed E-state index contributed by atoms with van der Waals surface area (Å²) in [6.45, 7) is 6.23. The highest BCUT2D eigenvalue weighted by atomic mass is 15.2. The van der Waals surface area contributed by atoms with E-state index in [1.54, 1.807) is 0 Å². The summed E-state index contributed by atoms with van der Waals surface area (Å²) in [4.78, 5) is 5.87. The predicted octanol–water partition coefficient (Wildman–Crippen LogP) is 0.0640. The molecule has 0 radical (unpaired) electrons. The van der Waals surface area contributed by atoms with Gasteiger partial charge in [-0.05, 0) is 32.5 Å². The zero-order valence-electron chi connectivity index (χ0n) is 9.52. The van der Waals surface area contributed by atoms with Gasteiger partial charge in [0.25, 0.3) is 0 Å². The van der Waals surface area contributed by atoms with Crippen LogP contribution in [0.5, 0.6) is 0 Å². The molecular weight excluding hydrogens is 174 g/mol. The third-order valence-electron chi connectivity index (χ3n) is 2.29. The van der Waals surface area contributed by atoms with Crippen LogP contribution < -0.4 is 10.2 Å². The lowest BCUT2D eigenvalue weighted by molar-refractivity contribution is -0.811. The summed E-state index contributed by atoms with van der Waals surface area (Å²) < 4.78 is 0. The first-order valence-corrected chi connectivity index (χ1v) is 5.06. The van der Waals surface area contributed by atoms with E-state index >= 15 is 0 Å². The van der Waals surface area contributed by atoms with E-state index in [0.29, 0.717) is 0 Å². The summed E-state index contributed by atoms with van der Waals surface area (Å²) in [5.74, 6) is 1.14. The third kappa shape index (κ3) is 3.09. The lowest BCUT2D eigenvalue weighted by Crippen LogP contribution is -3.05. The van der Waals surface area contributed by atoms with Crippen molar-refractivity contribution in [2.45, 2.75) is 13.8 Å². The average molecular weight is 194 g/mol. The van der Waals surface area contributed by atoms with E-state index in [9.17, 15) is 0 Å². The maximum atomic E-state index is 4.52. The largest absolute Gasteiger partial charge is 0.315 e. The van der Waals surface area contributed by atoms with Crippen LogP contribution in [-0.2, 0) is 0 Å². The summed E-state index contributed by atoms with van der Waals surface area (Å²) in [5, 5.41) is 3.15. The topological polar surface area (TPSA) is 29.4 Å². The molecule has 1 aromatic rings. The van der Waals surface area contributed by atoms with Crippen molar-refractivity contribution in [3.05, 3.63) is 23.4 Å². The molecule has 3 heteroatoms. The van der Waals surface area contributed by atoms with Crippen LogP contribution in [0, 0.1) is 13.8 Å². The Morgan fingerprint density at radius 2 is 2.07 bits per heavy atom. The van der Waals surface area contributed by atoms with Crippen LogP contribution in [0.1, 0.15) is 11.3 Å². The highest BCUT2D eigenvalue weighted by Gasteiger charge is 2.07. The van der Waals surface area contributed by atoms with Crippen LogP contribution in [0.25, 0.3) is 0 Å². The Morgan fingerprint density at radius 1 is 1.36 bits per heavy atom. The Kier molecular flexibility index (Phi) is 4.04. The summed E-state index contributed by atoms with van der Waals surface area (Å²) in [5.41, 5.74) is 2.39. The van der Waals surface area contributed by atoms with Crippen molar-refractivity contribution < 1.29 is 4.90 Å². The quantitative estimate of drug-likeness (QED) is 0.710. The van der Waals surface area contributed by atoms with E-state index < -0.39 is 0 Å². The fraction of sp³-hybridized carbons (Fsp3) is 0.545. The molecule has 0 saturated heterocycles. The second kappa shape index (κ2) is 5.08. The fourth-order valence-corrected chi connectivity index (χ4v) is 1.50. The van der Waals surface area contributed by atoms with Gasteiger partial charge in [-0.15, -0.1) is 0 Å². The van der Waals surface area contributed by atoms with Gasteiger partial charge in [0.05, 0.1) is 13.6 Å². The van der Waals surface area contributed by atoms with Crippen molar-refractivity contribution in [2.24, 2.45) is 0 Å². The molecule has 0 aromatic carbocycles. The zero-order chi connectivity index (χ0) is 10.6. The molecule has 0 amide bonds. The molecule has 3 nitrogen and oxygen atoms in total. The lowest BCUT2D eigenvalue weighted by atomic mass is 10.2. The molecule has 0 aliphatic carbocycles. The highest BCUT2D eigenvalue weighted by molar-refractivity contribution is 5.27. The van der Waals surface area contributed by atoms with Gasteiger partial charge in [-0.2, -0.15) is 0 Å². The number of nitrogens with zero attached hydrogens (tertiary/aromatic N) is 1. The Bertz CT molecular complexity index is 276. The van der Waals surface area contributed by atoms with Crippen molar-refractivity contribution in [1.82, 2.24) is 10.3 Å². The molecule has 0 bridgehead atoms. The summed E-state index contributed by atoms with van der Waals surface area (Å²) >= 11 is 0. The first kappa shape index (κ1) is 11.1. The number of hydrogen-bond acceptors (Lipinski definition) is 2. The van der Waals surface area contributed by atoms with Gasteiger partial charge in [-0.1, -0.05) is 0 Å². The van der Waals surface area contributed by atoms with Crippen LogP contribution in [0.15, 0.2) is 12.1 Å². The number of hydrogen-bond donors (Lipinski definition) is 2. The van der Waals surface area contributed by atoms with Gasteiger partial charge in [-0.3, -0.25) is 4.90 Å². The van der Waals surface area contributed by atoms with Gasteiger partial charge in [0.1, 0.15) is 0 Å². The third-order valence-corrected chi connectivity index (χ3v) is 2.29. The van der Waals surface area contributed by atoms with Crippen LogP contribution in [0.4, 0.5) is 5.82 Å². The maximum Gasteiger partial charge on any atom is 0.226 e. The molecule has 1 atom stereocenters. The molecule has 0 saturated carbocycles. The lowest BCUT2D eigenvalue weighted by Gasteiger charge is -2.12. The van der Waals surface area contributed by atoms with E-state index in [4.69, 9.17) is 0 Å². The standard InChI is InChI=1S/C11H19N3/c1-9-7-10(2)13-11(8-9)14(4)6-5-12-3/h7-8,12H,5-6H2,1-4H3/p+1. The molecule has 1 rings (SSSR count). The first-order chi connectivity index (χ1) is 6.63. The second-order valence-corrected chi connectivity index (χ2v) is 3.81. The molecule has 0 aliphatic rings. The molecule has 78 valence electrons. The van der Waals surface area contributed by atoms with Crippen LogP contribution >= 0.6 is 0 Å². The van der Waals surface area contributed by atoms with Crippen molar-refractivity contribution in [2.75, 3.05) is 27.2 Å². The molecular formula is C11H20N3+. The van der Waals surface area contributed by atoms with Gasteiger partial charge in [0, 0.05) is 18.3 Å². The molecule has 1 aromatic heterocycles. The number of pyridine rings is 1. The molecule has 2 N–H and O–H groups in total. The molecule has 1 heterocycles. The smallest absolute Gasteiger partial charge is 0.226 e. The van der Waals surface area contributed by atoms with E-state index in [1.807, 2.05) is 14.0 Å². The normalized spacial score (nSPS) is 12.9. The van der Waals surface area contributed by atoms with E-state index in [1.165, 1.54) is 10.5 Å². The number of likely N-dealkylation sites (N-methyl/N-ethyl adjacent to an activating group) is 2. The van der Waals surface area contributed by atoms with Crippen molar-refractivity contribution in [1.29, 1.82) is 0 Å². The number of rotatable bonds is 4. The minimum Gasteiger partial charge on any atom is -0.315 e. The van der Waals surface area contributed by atoms with Gasteiger partial charge in [0.15, 0.2) is 0 Å². The van der Waals surface area contributed by atoms with Crippen LogP contribution in [-0.4, -0.2) is 32.2 Å². The van der Waals surface area contributed by atoms with E-state index in [-0.39, 0.29) is 0 Å². The summed E-state index contributed by atoms with van der Waals surface area (Å²) in [7, 11) is 4.13. The maximum absolute atomic E-state index is 4.52. The van der Waals surface area contributed by atoms with Crippen molar-refractivity contribution in [3.8, 4) is 0 Å². The highest BCUT2D eigenvalue weighted by Crippen LogP contribution is 2.04.